The SMILES string of the molecule is CCCCC1=NN(c2cccc(Cl)c2)C(=O)C1. The van der Waals surface area contributed by atoms with Gasteiger partial charge < -0.3 is 0 Å². The largest absolute Gasteiger partial charge is 0.272 e. The van der Waals surface area contributed by atoms with E-state index >= 15 is 0 Å². The number of carbonyl (C=O) groups is 1. The molecular formula is C13H15ClN2O. The maximum absolute atomic E-state index is 11.8. The molecule has 0 saturated carbocycles. The molecule has 0 fully saturated rings. The molecule has 1 aromatic rings. The van der Waals surface area contributed by atoms with Crippen molar-refractivity contribution < 1.29 is 4.79 Å². The number of benzene rings is 1. The van der Waals surface area contributed by atoms with Crippen LogP contribution in [0.2, 0.25) is 5.02 Å². The van der Waals surface area contributed by atoms with Crippen molar-refractivity contribution in [3.8, 4) is 0 Å². The molecule has 3 nitrogen and oxygen atoms in total. The van der Waals surface area contributed by atoms with Gasteiger partial charge in [-0.25, -0.2) is 5.01 Å². The van der Waals surface area contributed by atoms with Gasteiger partial charge in [0.25, 0.3) is 5.91 Å². The number of halogens is 1. The molecule has 0 spiro atoms. The molecule has 0 bridgehead atoms. The normalized spacial score (nSPS) is 15.3. The highest BCUT2D eigenvalue weighted by atomic mass is 35.5. The Hall–Kier alpha value is -1.35. The summed E-state index contributed by atoms with van der Waals surface area (Å²) in [6.45, 7) is 2.13. The third-order valence-electron chi connectivity index (χ3n) is 2.70. The molecular weight excluding hydrogens is 236 g/mol. The molecule has 1 aliphatic rings. The van der Waals surface area contributed by atoms with Gasteiger partial charge in [0.2, 0.25) is 0 Å². The van der Waals surface area contributed by atoms with Gasteiger partial charge >= 0.3 is 0 Å². The first-order valence-corrected chi connectivity index (χ1v) is 6.23. The quantitative estimate of drug-likeness (QED) is 0.803. The fraction of sp³-hybridized carbons (Fsp3) is 0.385. The van der Waals surface area contributed by atoms with Crippen molar-refractivity contribution in [1.29, 1.82) is 0 Å². The lowest BCUT2D eigenvalue weighted by Gasteiger charge is -2.11. The fourth-order valence-electron chi connectivity index (χ4n) is 1.81. The van der Waals surface area contributed by atoms with Crippen LogP contribution >= 0.6 is 11.6 Å². The van der Waals surface area contributed by atoms with Crippen molar-refractivity contribution in [2.24, 2.45) is 5.10 Å². The van der Waals surface area contributed by atoms with Crippen molar-refractivity contribution >= 4 is 28.9 Å². The van der Waals surface area contributed by atoms with E-state index in [4.69, 9.17) is 11.6 Å². The van der Waals surface area contributed by atoms with Gasteiger partial charge in [0, 0.05) is 10.7 Å². The second-order valence-corrected chi connectivity index (χ2v) is 4.57. The predicted molar refractivity (Wildman–Crippen MR) is 70.5 cm³/mol. The first-order valence-electron chi connectivity index (χ1n) is 5.85. The molecule has 1 aliphatic heterocycles. The van der Waals surface area contributed by atoms with Crippen LogP contribution in [0, 0.1) is 0 Å². The van der Waals surface area contributed by atoms with Crippen molar-refractivity contribution in [2.45, 2.75) is 32.6 Å². The number of anilines is 1. The van der Waals surface area contributed by atoms with Crippen LogP contribution in [0.15, 0.2) is 29.4 Å². The summed E-state index contributed by atoms with van der Waals surface area (Å²) in [4.78, 5) is 11.8. The summed E-state index contributed by atoms with van der Waals surface area (Å²) in [6.07, 6.45) is 3.53. The van der Waals surface area contributed by atoms with Crippen LogP contribution in [-0.2, 0) is 4.79 Å². The molecule has 0 N–H and O–H groups in total. The molecule has 1 aromatic carbocycles. The van der Waals surface area contributed by atoms with Crippen LogP contribution in [0.4, 0.5) is 5.69 Å². The molecule has 0 unspecified atom stereocenters. The molecule has 0 aromatic heterocycles. The first kappa shape index (κ1) is 12.1. The van der Waals surface area contributed by atoms with E-state index in [1.807, 2.05) is 12.1 Å². The summed E-state index contributed by atoms with van der Waals surface area (Å²) < 4.78 is 0. The molecule has 90 valence electrons. The van der Waals surface area contributed by atoms with E-state index in [2.05, 4.69) is 12.0 Å². The third kappa shape index (κ3) is 2.86. The van der Waals surface area contributed by atoms with Gasteiger partial charge in [0.1, 0.15) is 0 Å². The maximum atomic E-state index is 11.8. The Morgan fingerprint density at radius 3 is 3.00 bits per heavy atom. The summed E-state index contributed by atoms with van der Waals surface area (Å²) in [5.74, 6) is 0.0263. The zero-order chi connectivity index (χ0) is 12.3. The summed E-state index contributed by atoms with van der Waals surface area (Å²) >= 11 is 5.90. The van der Waals surface area contributed by atoms with Gasteiger partial charge in [0.05, 0.1) is 12.1 Å². The van der Waals surface area contributed by atoms with Gasteiger partial charge in [-0.3, -0.25) is 4.79 Å². The lowest BCUT2D eigenvalue weighted by atomic mass is 10.1. The molecule has 1 amide bonds. The monoisotopic (exact) mass is 250 g/mol. The number of nitrogens with zero attached hydrogens (tertiary/aromatic N) is 2. The number of unbranched alkanes of at least 4 members (excludes halogenated alkanes) is 1. The summed E-state index contributed by atoms with van der Waals surface area (Å²) in [5.41, 5.74) is 1.71. The predicted octanol–water partition coefficient (Wildman–Crippen LogP) is 3.62. The number of hydrogen-bond acceptors (Lipinski definition) is 2. The van der Waals surface area contributed by atoms with Crippen molar-refractivity contribution in [3.05, 3.63) is 29.3 Å². The van der Waals surface area contributed by atoms with Crippen LogP contribution in [0.25, 0.3) is 0 Å². The number of carbonyl (C=O) groups excluding carboxylic acids is 1. The summed E-state index contributed by atoms with van der Waals surface area (Å²) in [5, 5.41) is 6.43. The highest BCUT2D eigenvalue weighted by Crippen LogP contribution is 2.24. The Morgan fingerprint density at radius 2 is 2.29 bits per heavy atom. The molecule has 0 atom stereocenters. The number of rotatable bonds is 4. The Labute approximate surface area is 106 Å². The molecule has 0 radical (unpaired) electrons. The van der Waals surface area contributed by atoms with E-state index in [1.54, 1.807) is 12.1 Å². The minimum atomic E-state index is 0.0263. The Morgan fingerprint density at radius 1 is 1.47 bits per heavy atom. The average molecular weight is 251 g/mol. The second kappa shape index (κ2) is 5.32. The number of hydrazone groups is 1. The van der Waals surface area contributed by atoms with Crippen molar-refractivity contribution in [1.82, 2.24) is 0 Å². The zero-order valence-corrected chi connectivity index (χ0v) is 10.6. The second-order valence-electron chi connectivity index (χ2n) is 4.13. The maximum Gasteiger partial charge on any atom is 0.253 e. The van der Waals surface area contributed by atoms with Crippen molar-refractivity contribution in [3.63, 3.8) is 0 Å². The van der Waals surface area contributed by atoms with Gasteiger partial charge in [-0.15, -0.1) is 0 Å². The summed E-state index contributed by atoms with van der Waals surface area (Å²) in [6, 6.07) is 7.21. The number of amides is 1. The molecule has 17 heavy (non-hydrogen) atoms. The zero-order valence-electron chi connectivity index (χ0n) is 9.82. The topological polar surface area (TPSA) is 32.7 Å². The van der Waals surface area contributed by atoms with E-state index in [9.17, 15) is 4.79 Å². The van der Waals surface area contributed by atoms with E-state index in [-0.39, 0.29) is 5.91 Å². The van der Waals surface area contributed by atoms with Crippen LogP contribution < -0.4 is 5.01 Å². The van der Waals surface area contributed by atoms with Crippen LogP contribution in [0.5, 0.6) is 0 Å². The molecule has 0 saturated heterocycles. The highest BCUT2D eigenvalue weighted by Gasteiger charge is 2.24. The van der Waals surface area contributed by atoms with E-state index in [0.29, 0.717) is 11.4 Å². The van der Waals surface area contributed by atoms with Crippen LogP contribution in [0.1, 0.15) is 32.6 Å². The smallest absolute Gasteiger partial charge is 0.253 e. The van der Waals surface area contributed by atoms with Crippen molar-refractivity contribution in [2.75, 3.05) is 5.01 Å². The van der Waals surface area contributed by atoms with Gasteiger partial charge in [-0.2, -0.15) is 5.10 Å². The molecule has 4 heteroatoms. The molecule has 0 aliphatic carbocycles. The Kier molecular flexibility index (Phi) is 3.79. The van der Waals surface area contributed by atoms with Gasteiger partial charge in [-0.1, -0.05) is 31.0 Å². The Balaban J connectivity index is 2.16. The van der Waals surface area contributed by atoms with Crippen LogP contribution in [-0.4, -0.2) is 11.6 Å². The summed E-state index contributed by atoms with van der Waals surface area (Å²) in [7, 11) is 0. The lowest BCUT2D eigenvalue weighted by molar-refractivity contribution is -0.116. The fourth-order valence-corrected chi connectivity index (χ4v) is 2.00. The van der Waals surface area contributed by atoms with Gasteiger partial charge in [-0.05, 0) is 31.0 Å². The van der Waals surface area contributed by atoms with Gasteiger partial charge in [0.15, 0.2) is 0 Å². The lowest BCUT2D eigenvalue weighted by Crippen LogP contribution is -2.19. The number of hydrogen-bond donors (Lipinski definition) is 0. The van der Waals surface area contributed by atoms with E-state index in [0.717, 1.165) is 30.7 Å². The van der Waals surface area contributed by atoms with Crippen LogP contribution in [0.3, 0.4) is 0 Å². The molecule has 1 heterocycles. The minimum Gasteiger partial charge on any atom is -0.272 e. The Bertz CT molecular complexity index is 456. The van der Waals surface area contributed by atoms with E-state index < -0.39 is 0 Å². The standard InChI is InChI=1S/C13H15ClN2O/c1-2-3-6-11-9-13(17)16(15-11)12-7-4-5-10(14)8-12/h4-5,7-8H,2-3,6,9H2,1H3. The van der Waals surface area contributed by atoms with E-state index in [1.165, 1.54) is 5.01 Å². The molecule has 2 rings (SSSR count). The highest BCUT2D eigenvalue weighted by molar-refractivity contribution is 6.31. The third-order valence-corrected chi connectivity index (χ3v) is 2.94. The average Bonchev–Trinajstić information content (AvgIpc) is 2.68. The first-order chi connectivity index (χ1) is 8.20. The minimum absolute atomic E-state index is 0.0263.